The molecule has 9 heteroatoms. The SMILES string of the molecule is CC(C)=CCC1(C(=O)O)CCCN(C(=O)c2cc(C(F)(F)F)[nH]n2)C1. The van der Waals surface area contributed by atoms with Crippen LogP contribution in [-0.2, 0) is 11.0 Å². The third-order valence-electron chi connectivity index (χ3n) is 4.32. The summed E-state index contributed by atoms with van der Waals surface area (Å²) in [6, 6.07) is 0.648. The van der Waals surface area contributed by atoms with E-state index < -0.39 is 29.2 Å². The predicted molar refractivity (Wildman–Crippen MR) is 82.8 cm³/mol. The highest BCUT2D eigenvalue weighted by Gasteiger charge is 2.43. The summed E-state index contributed by atoms with van der Waals surface area (Å²) in [5, 5.41) is 14.9. The van der Waals surface area contributed by atoms with Crippen molar-refractivity contribution in [1.82, 2.24) is 15.1 Å². The summed E-state index contributed by atoms with van der Waals surface area (Å²) >= 11 is 0. The quantitative estimate of drug-likeness (QED) is 0.809. The number of carboxylic acids is 1. The van der Waals surface area contributed by atoms with Gasteiger partial charge in [0.2, 0.25) is 0 Å². The van der Waals surface area contributed by atoms with Crippen molar-refractivity contribution in [3.8, 4) is 0 Å². The molecule has 0 aromatic carbocycles. The molecule has 1 aliphatic heterocycles. The molecule has 1 unspecified atom stereocenters. The fourth-order valence-electron chi connectivity index (χ4n) is 2.87. The van der Waals surface area contributed by atoms with Crippen molar-refractivity contribution in [2.24, 2.45) is 5.41 Å². The Morgan fingerprint density at radius 2 is 2.12 bits per heavy atom. The molecule has 2 rings (SSSR count). The number of carbonyl (C=O) groups is 2. The Labute approximate surface area is 142 Å². The number of aromatic amines is 1. The van der Waals surface area contributed by atoms with Gasteiger partial charge in [-0.15, -0.1) is 0 Å². The van der Waals surface area contributed by atoms with E-state index in [4.69, 9.17) is 0 Å². The van der Waals surface area contributed by atoms with Gasteiger partial charge in [-0.2, -0.15) is 18.3 Å². The number of halogens is 3. The number of piperidine rings is 1. The van der Waals surface area contributed by atoms with E-state index in [2.05, 4.69) is 5.10 Å². The first-order valence-corrected chi connectivity index (χ1v) is 7.84. The Hall–Kier alpha value is -2.32. The van der Waals surface area contributed by atoms with E-state index in [1.54, 1.807) is 11.2 Å². The van der Waals surface area contributed by atoms with Crippen LogP contribution >= 0.6 is 0 Å². The number of aromatic nitrogens is 2. The molecule has 1 saturated heterocycles. The van der Waals surface area contributed by atoms with Gasteiger partial charge >= 0.3 is 12.1 Å². The van der Waals surface area contributed by atoms with Crippen LogP contribution in [-0.4, -0.2) is 45.2 Å². The molecule has 0 bridgehead atoms. The number of allylic oxidation sites excluding steroid dienone is 2. The van der Waals surface area contributed by atoms with E-state index >= 15 is 0 Å². The molecule has 138 valence electrons. The number of aliphatic carboxylic acids is 1. The van der Waals surface area contributed by atoms with Gasteiger partial charge < -0.3 is 10.0 Å². The third-order valence-corrected chi connectivity index (χ3v) is 4.32. The van der Waals surface area contributed by atoms with Gasteiger partial charge in [-0.3, -0.25) is 14.7 Å². The molecule has 2 N–H and O–H groups in total. The second kappa shape index (κ2) is 6.89. The van der Waals surface area contributed by atoms with E-state index in [0.29, 0.717) is 18.9 Å². The van der Waals surface area contributed by atoms with Crippen LogP contribution in [0.2, 0.25) is 0 Å². The molecule has 1 fully saturated rings. The summed E-state index contributed by atoms with van der Waals surface area (Å²) in [5.41, 5.74) is -1.64. The average molecular weight is 359 g/mol. The molecule has 0 spiro atoms. The lowest BCUT2D eigenvalue weighted by Gasteiger charge is -2.39. The highest BCUT2D eigenvalue weighted by Crippen LogP contribution is 2.35. The second-order valence-corrected chi connectivity index (χ2v) is 6.57. The lowest BCUT2D eigenvalue weighted by atomic mass is 9.76. The first kappa shape index (κ1) is 19.0. The first-order chi connectivity index (χ1) is 11.5. The fourth-order valence-corrected chi connectivity index (χ4v) is 2.87. The van der Waals surface area contributed by atoms with E-state index in [0.717, 1.165) is 5.57 Å². The largest absolute Gasteiger partial charge is 0.481 e. The van der Waals surface area contributed by atoms with Crippen molar-refractivity contribution in [1.29, 1.82) is 0 Å². The molecule has 1 amide bonds. The van der Waals surface area contributed by atoms with Crippen LogP contribution in [0.25, 0.3) is 0 Å². The minimum atomic E-state index is -4.62. The number of nitrogens with one attached hydrogen (secondary N) is 1. The highest BCUT2D eigenvalue weighted by molar-refractivity contribution is 5.93. The van der Waals surface area contributed by atoms with Crippen molar-refractivity contribution in [2.45, 2.75) is 39.3 Å². The number of H-pyrrole nitrogens is 1. The molecule has 0 aliphatic carbocycles. The Kier molecular flexibility index (Phi) is 5.24. The molecule has 0 radical (unpaired) electrons. The highest BCUT2D eigenvalue weighted by atomic mass is 19.4. The summed E-state index contributed by atoms with van der Waals surface area (Å²) < 4.78 is 37.9. The minimum absolute atomic E-state index is 0.0564. The van der Waals surface area contributed by atoms with E-state index in [-0.39, 0.29) is 25.2 Å². The second-order valence-electron chi connectivity index (χ2n) is 6.57. The topological polar surface area (TPSA) is 86.3 Å². The van der Waals surface area contributed by atoms with Crippen LogP contribution in [0, 0.1) is 5.41 Å². The number of rotatable bonds is 4. The summed E-state index contributed by atoms with van der Waals surface area (Å²) in [5.74, 6) is -1.71. The maximum Gasteiger partial charge on any atom is 0.432 e. The van der Waals surface area contributed by atoms with E-state index in [1.807, 2.05) is 13.8 Å². The lowest BCUT2D eigenvalue weighted by Crippen LogP contribution is -2.49. The van der Waals surface area contributed by atoms with Crippen molar-refractivity contribution >= 4 is 11.9 Å². The number of nitrogens with zero attached hydrogens (tertiary/aromatic N) is 2. The van der Waals surface area contributed by atoms with Crippen molar-refractivity contribution in [3.05, 3.63) is 29.1 Å². The minimum Gasteiger partial charge on any atom is -0.481 e. The zero-order chi connectivity index (χ0) is 18.8. The van der Waals surface area contributed by atoms with Gasteiger partial charge in [0, 0.05) is 19.2 Å². The van der Waals surface area contributed by atoms with Gasteiger partial charge in [0.25, 0.3) is 5.91 Å². The van der Waals surface area contributed by atoms with Gasteiger partial charge in [0.15, 0.2) is 5.69 Å². The van der Waals surface area contributed by atoms with Crippen LogP contribution in [0.15, 0.2) is 17.7 Å². The zero-order valence-corrected chi connectivity index (χ0v) is 14.0. The number of likely N-dealkylation sites (tertiary alicyclic amines) is 1. The lowest BCUT2D eigenvalue weighted by molar-refractivity contribution is -0.151. The molecule has 1 aromatic rings. The van der Waals surface area contributed by atoms with Gasteiger partial charge in [-0.05, 0) is 33.1 Å². The number of amides is 1. The van der Waals surface area contributed by atoms with Crippen LogP contribution in [0.3, 0.4) is 0 Å². The van der Waals surface area contributed by atoms with Crippen LogP contribution in [0.1, 0.15) is 49.3 Å². The molecule has 0 saturated carbocycles. The maximum absolute atomic E-state index is 12.6. The molecule has 1 aromatic heterocycles. The van der Waals surface area contributed by atoms with Crippen molar-refractivity contribution in [3.63, 3.8) is 0 Å². The molecule has 25 heavy (non-hydrogen) atoms. The summed E-state index contributed by atoms with van der Waals surface area (Å²) in [6.07, 6.45) is -1.68. The predicted octanol–water partition coefficient (Wildman–Crippen LogP) is 3.09. The van der Waals surface area contributed by atoms with E-state index in [9.17, 15) is 27.9 Å². The smallest absolute Gasteiger partial charge is 0.432 e. The monoisotopic (exact) mass is 359 g/mol. The molecule has 2 heterocycles. The summed E-state index contributed by atoms with van der Waals surface area (Å²) in [7, 11) is 0. The Morgan fingerprint density at radius 3 is 2.64 bits per heavy atom. The van der Waals surface area contributed by atoms with Crippen molar-refractivity contribution in [2.75, 3.05) is 13.1 Å². The van der Waals surface area contributed by atoms with Crippen LogP contribution < -0.4 is 0 Å². The summed E-state index contributed by atoms with van der Waals surface area (Å²) in [6.45, 7) is 3.93. The Morgan fingerprint density at radius 1 is 1.44 bits per heavy atom. The normalized spacial score (nSPS) is 21.1. The standard InChI is InChI=1S/C16H20F3N3O3/c1-10(2)4-6-15(14(24)25)5-3-7-22(9-15)13(23)11-8-12(21-20-11)16(17,18)19/h4,8H,3,5-7,9H2,1-2H3,(H,20,21)(H,24,25). The van der Waals surface area contributed by atoms with Crippen LogP contribution in [0.4, 0.5) is 13.2 Å². The number of carbonyl (C=O) groups excluding carboxylic acids is 1. The molecular weight excluding hydrogens is 339 g/mol. The molecule has 1 atom stereocenters. The van der Waals surface area contributed by atoms with E-state index in [1.165, 1.54) is 4.90 Å². The third kappa shape index (κ3) is 4.21. The number of alkyl halides is 3. The molecular formula is C16H20F3N3O3. The summed E-state index contributed by atoms with van der Waals surface area (Å²) in [4.78, 5) is 25.5. The molecule has 1 aliphatic rings. The Balaban J connectivity index is 2.21. The number of carboxylic acid groups (broad SMARTS) is 1. The average Bonchev–Trinajstić information content (AvgIpc) is 3.02. The van der Waals surface area contributed by atoms with Crippen molar-refractivity contribution < 1.29 is 27.9 Å². The zero-order valence-electron chi connectivity index (χ0n) is 14.0. The Bertz CT molecular complexity index is 692. The fraction of sp³-hybridized carbons (Fsp3) is 0.562. The maximum atomic E-state index is 12.6. The first-order valence-electron chi connectivity index (χ1n) is 7.84. The molecule has 6 nitrogen and oxygen atoms in total. The number of hydrogen-bond acceptors (Lipinski definition) is 3. The van der Waals surface area contributed by atoms with Crippen LogP contribution in [0.5, 0.6) is 0 Å². The van der Waals surface area contributed by atoms with Gasteiger partial charge in [-0.25, -0.2) is 0 Å². The number of hydrogen-bond donors (Lipinski definition) is 2. The van der Waals surface area contributed by atoms with Gasteiger partial charge in [0.05, 0.1) is 5.41 Å². The van der Waals surface area contributed by atoms with Gasteiger partial charge in [0.1, 0.15) is 5.69 Å². The van der Waals surface area contributed by atoms with Gasteiger partial charge in [-0.1, -0.05) is 11.6 Å².